The molecular weight excluding hydrogens is 228 g/mol. The van der Waals surface area contributed by atoms with Gasteiger partial charge >= 0.3 is 0 Å². The molecule has 0 atom stereocenters. The third-order valence-electron chi connectivity index (χ3n) is 2.65. The van der Waals surface area contributed by atoms with Crippen LogP contribution in [0.25, 0.3) is 0 Å². The fourth-order valence-electron chi connectivity index (χ4n) is 1.71. The van der Waals surface area contributed by atoms with Gasteiger partial charge in [0.05, 0.1) is 18.2 Å². The second-order valence-corrected chi connectivity index (χ2v) is 3.97. The molecule has 1 aromatic heterocycles. The first-order chi connectivity index (χ1) is 7.69. The SMILES string of the molecule is CCC(CC)n1nc(COC)c(C=O)c1Cl. The number of methoxy groups -OCH3 is 1. The molecule has 0 fully saturated rings. The molecule has 1 rings (SSSR count). The van der Waals surface area contributed by atoms with Gasteiger partial charge in [-0.3, -0.25) is 4.79 Å². The highest BCUT2D eigenvalue weighted by molar-refractivity contribution is 6.32. The summed E-state index contributed by atoms with van der Waals surface area (Å²) >= 11 is 6.13. The van der Waals surface area contributed by atoms with Crippen molar-refractivity contribution in [2.75, 3.05) is 7.11 Å². The van der Waals surface area contributed by atoms with Crippen LogP contribution in [0.15, 0.2) is 0 Å². The van der Waals surface area contributed by atoms with Crippen LogP contribution in [0.5, 0.6) is 0 Å². The summed E-state index contributed by atoms with van der Waals surface area (Å²) in [4.78, 5) is 10.9. The van der Waals surface area contributed by atoms with E-state index in [1.807, 2.05) is 0 Å². The maximum absolute atomic E-state index is 10.9. The summed E-state index contributed by atoms with van der Waals surface area (Å²) in [5, 5.41) is 4.75. The minimum atomic E-state index is 0.233. The Bertz CT molecular complexity index is 359. The Morgan fingerprint density at radius 3 is 2.56 bits per heavy atom. The lowest BCUT2D eigenvalue weighted by atomic mass is 10.2. The molecule has 1 heterocycles. The van der Waals surface area contributed by atoms with E-state index < -0.39 is 0 Å². The van der Waals surface area contributed by atoms with Crippen LogP contribution in [-0.4, -0.2) is 23.2 Å². The molecule has 90 valence electrons. The van der Waals surface area contributed by atoms with Crippen molar-refractivity contribution in [3.05, 3.63) is 16.4 Å². The van der Waals surface area contributed by atoms with Crippen molar-refractivity contribution in [3.8, 4) is 0 Å². The first-order valence-electron chi connectivity index (χ1n) is 5.40. The molecule has 0 aliphatic carbocycles. The fraction of sp³-hybridized carbons (Fsp3) is 0.636. The molecular formula is C11H17ClN2O2. The van der Waals surface area contributed by atoms with Crippen LogP contribution in [0, 0.1) is 0 Å². The molecule has 0 saturated carbocycles. The normalized spacial score (nSPS) is 11.1. The average Bonchev–Trinajstić information content (AvgIpc) is 2.58. The van der Waals surface area contributed by atoms with Crippen molar-refractivity contribution in [3.63, 3.8) is 0 Å². The van der Waals surface area contributed by atoms with Crippen LogP contribution < -0.4 is 0 Å². The van der Waals surface area contributed by atoms with Crippen molar-refractivity contribution in [1.82, 2.24) is 9.78 Å². The van der Waals surface area contributed by atoms with E-state index in [0.717, 1.165) is 19.1 Å². The fourth-order valence-corrected chi connectivity index (χ4v) is 2.04. The number of hydrogen-bond acceptors (Lipinski definition) is 3. The quantitative estimate of drug-likeness (QED) is 0.723. The van der Waals surface area contributed by atoms with Gasteiger partial charge < -0.3 is 4.74 Å². The first kappa shape index (κ1) is 13.2. The molecule has 0 spiro atoms. The predicted molar refractivity (Wildman–Crippen MR) is 63.0 cm³/mol. The molecule has 1 aromatic rings. The summed E-state index contributed by atoms with van der Waals surface area (Å²) in [5.74, 6) is 0. The third-order valence-corrected chi connectivity index (χ3v) is 3.03. The summed E-state index contributed by atoms with van der Waals surface area (Å²) in [6.45, 7) is 4.45. The second-order valence-electron chi connectivity index (χ2n) is 3.62. The van der Waals surface area contributed by atoms with E-state index in [1.54, 1.807) is 11.8 Å². The van der Waals surface area contributed by atoms with E-state index in [0.29, 0.717) is 23.0 Å². The van der Waals surface area contributed by atoms with E-state index in [4.69, 9.17) is 16.3 Å². The van der Waals surface area contributed by atoms with E-state index >= 15 is 0 Å². The molecule has 0 unspecified atom stereocenters. The Hall–Kier alpha value is -0.870. The number of ether oxygens (including phenoxy) is 1. The molecule has 16 heavy (non-hydrogen) atoms. The molecule has 0 aliphatic heterocycles. The average molecular weight is 245 g/mol. The first-order valence-corrected chi connectivity index (χ1v) is 5.78. The van der Waals surface area contributed by atoms with Gasteiger partial charge in [0.15, 0.2) is 6.29 Å². The van der Waals surface area contributed by atoms with Crippen LogP contribution in [0.3, 0.4) is 0 Å². The van der Waals surface area contributed by atoms with E-state index in [9.17, 15) is 4.79 Å². The largest absolute Gasteiger partial charge is 0.378 e. The number of carbonyl (C=O) groups excluding carboxylic acids is 1. The predicted octanol–water partition coefficient (Wildman–Crippen LogP) is 2.86. The van der Waals surface area contributed by atoms with E-state index in [-0.39, 0.29) is 6.04 Å². The van der Waals surface area contributed by atoms with Gasteiger partial charge in [-0.05, 0) is 12.8 Å². The lowest BCUT2D eigenvalue weighted by molar-refractivity contribution is 0.111. The second kappa shape index (κ2) is 6.01. The molecule has 0 radical (unpaired) electrons. The zero-order valence-electron chi connectivity index (χ0n) is 9.86. The number of aromatic nitrogens is 2. The zero-order valence-corrected chi connectivity index (χ0v) is 10.6. The lowest BCUT2D eigenvalue weighted by Crippen LogP contribution is -2.09. The van der Waals surface area contributed by atoms with Gasteiger partial charge in [-0.25, -0.2) is 4.68 Å². The molecule has 4 nitrogen and oxygen atoms in total. The monoisotopic (exact) mass is 244 g/mol. The summed E-state index contributed by atoms with van der Waals surface area (Å²) < 4.78 is 6.71. The molecule has 0 saturated heterocycles. The van der Waals surface area contributed by atoms with Gasteiger partial charge in [0.25, 0.3) is 0 Å². The smallest absolute Gasteiger partial charge is 0.155 e. The van der Waals surface area contributed by atoms with Gasteiger partial charge in [0.2, 0.25) is 0 Å². The van der Waals surface area contributed by atoms with Crippen LogP contribution in [0.4, 0.5) is 0 Å². The number of rotatable bonds is 6. The highest BCUT2D eigenvalue weighted by Gasteiger charge is 2.19. The maximum atomic E-state index is 10.9. The Balaban J connectivity index is 3.15. The minimum absolute atomic E-state index is 0.233. The summed E-state index contributed by atoms with van der Waals surface area (Å²) in [6, 6.07) is 0.233. The minimum Gasteiger partial charge on any atom is -0.378 e. The van der Waals surface area contributed by atoms with E-state index in [1.165, 1.54) is 0 Å². The summed E-state index contributed by atoms with van der Waals surface area (Å²) in [7, 11) is 1.57. The number of halogens is 1. The number of hydrogen-bond donors (Lipinski definition) is 0. The van der Waals surface area contributed by atoms with Gasteiger partial charge in [0, 0.05) is 7.11 Å². The van der Waals surface area contributed by atoms with Gasteiger partial charge in [-0.2, -0.15) is 5.10 Å². The van der Waals surface area contributed by atoms with Crippen LogP contribution >= 0.6 is 11.6 Å². The van der Waals surface area contributed by atoms with Crippen LogP contribution in [-0.2, 0) is 11.3 Å². The Morgan fingerprint density at radius 1 is 1.50 bits per heavy atom. The van der Waals surface area contributed by atoms with Gasteiger partial charge in [0.1, 0.15) is 10.8 Å². The topological polar surface area (TPSA) is 44.1 Å². The summed E-state index contributed by atoms with van der Waals surface area (Å²) in [6.07, 6.45) is 2.60. The van der Waals surface area contributed by atoms with E-state index in [2.05, 4.69) is 18.9 Å². The maximum Gasteiger partial charge on any atom is 0.155 e. The zero-order chi connectivity index (χ0) is 12.1. The molecule has 0 N–H and O–H groups in total. The van der Waals surface area contributed by atoms with Gasteiger partial charge in [-0.1, -0.05) is 25.4 Å². The Kier molecular flexibility index (Phi) is 4.96. The van der Waals surface area contributed by atoms with Crippen molar-refractivity contribution < 1.29 is 9.53 Å². The van der Waals surface area contributed by atoms with Crippen molar-refractivity contribution >= 4 is 17.9 Å². The Labute approximate surface area is 101 Å². The van der Waals surface area contributed by atoms with Crippen LogP contribution in [0.1, 0.15) is 48.8 Å². The molecule has 0 amide bonds. The molecule has 0 bridgehead atoms. The van der Waals surface area contributed by atoms with Gasteiger partial charge in [-0.15, -0.1) is 0 Å². The van der Waals surface area contributed by atoms with Crippen molar-refractivity contribution in [1.29, 1.82) is 0 Å². The Morgan fingerprint density at radius 2 is 2.12 bits per heavy atom. The number of carbonyl (C=O) groups is 1. The molecule has 5 heteroatoms. The summed E-state index contributed by atoms with van der Waals surface area (Å²) in [5.41, 5.74) is 1.05. The lowest BCUT2D eigenvalue weighted by Gasteiger charge is -2.13. The van der Waals surface area contributed by atoms with Crippen molar-refractivity contribution in [2.45, 2.75) is 39.3 Å². The highest BCUT2D eigenvalue weighted by atomic mass is 35.5. The number of aldehydes is 1. The molecule has 0 aliphatic rings. The standard InChI is InChI=1S/C11H17ClN2O2/c1-4-8(5-2)14-11(12)9(6-15)10(13-14)7-16-3/h6,8H,4-5,7H2,1-3H3. The van der Waals surface area contributed by atoms with Crippen LogP contribution in [0.2, 0.25) is 5.15 Å². The number of nitrogens with zero attached hydrogens (tertiary/aromatic N) is 2. The third kappa shape index (κ3) is 2.44. The van der Waals surface area contributed by atoms with Crippen molar-refractivity contribution in [2.24, 2.45) is 0 Å². The highest BCUT2D eigenvalue weighted by Crippen LogP contribution is 2.25. The molecule has 0 aromatic carbocycles.